The van der Waals surface area contributed by atoms with Crippen LogP contribution in [-0.4, -0.2) is 24.4 Å². The lowest BCUT2D eigenvalue weighted by Gasteiger charge is -2.42. The molecule has 1 heterocycles. The maximum absolute atomic E-state index is 12.3. The standard InChI is InChI=1S/C22H25ClN2O/c1-15-18-13-17(10-11-19(18)22(2,3)14-25(15)4)24-21(26)12-9-16-7-5-6-8-20(16)23/h5-13,15H,14H2,1-4H3,(H,24,26)/b12-9+. The van der Waals surface area contributed by atoms with Gasteiger partial charge in [-0.2, -0.15) is 0 Å². The van der Waals surface area contributed by atoms with Gasteiger partial charge in [0.2, 0.25) is 5.91 Å². The molecule has 0 aliphatic carbocycles. The Morgan fingerprint density at radius 3 is 2.73 bits per heavy atom. The quantitative estimate of drug-likeness (QED) is 0.748. The minimum Gasteiger partial charge on any atom is -0.323 e. The minimum absolute atomic E-state index is 0.100. The first-order valence-corrected chi connectivity index (χ1v) is 9.24. The van der Waals surface area contributed by atoms with Crippen LogP contribution in [0.2, 0.25) is 5.02 Å². The van der Waals surface area contributed by atoms with E-state index < -0.39 is 0 Å². The molecule has 1 atom stereocenters. The fraction of sp³-hybridized carbons (Fsp3) is 0.318. The number of carbonyl (C=O) groups is 1. The molecule has 3 nitrogen and oxygen atoms in total. The van der Waals surface area contributed by atoms with Crippen LogP contribution in [0.5, 0.6) is 0 Å². The van der Waals surface area contributed by atoms with E-state index in [9.17, 15) is 4.79 Å². The van der Waals surface area contributed by atoms with Crippen molar-refractivity contribution < 1.29 is 4.79 Å². The predicted octanol–water partition coefficient (Wildman–Crippen LogP) is 5.28. The number of carbonyl (C=O) groups excluding carboxylic acids is 1. The third kappa shape index (κ3) is 3.84. The maximum atomic E-state index is 12.3. The Bertz CT molecular complexity index is 857. The van der Waals surface area contributed by atoms with Crippen molar-refractivity contribution in [2.24, 2.45) is 0 Å². The zero-order valence-corrected chi connectivity index (χ0v) is 16.5. The molecular weight excluding hydrogens is 344 g/mol. The van der Waals surface area contributed by atoms with E-state index in [4.69, 9.17) is 11.6 Å². The lowest BCUT2D eigenvalue weighted by Crippen LogP contribution is -2.42. The number of amides is 1. The number of fused-ring (bicyclic) bond motifs is 1. The van der Waals surface area contributed by atoms with Crippen LogP contribution in [0, 0.1) is 0 Å². The molecule has 136 valence electrons. The number of nitrogens with zero attached hydrogens (tertiary/aromatic N) is 1. The van der Waals surface area contributed by atoms with E-state index in [-0.39, 0.29) is 11.3 Å². The van der Waals surface area contributed by atoms with Gasteiger partial charge in [0.05, 0.1) is 0 Å². The van der Waals surface area contributed by atoms with Crippen LogP contribution in [0.1, 0.15) is 43.5 Å². The molecule has 0 bridgehead atoms. The summed E-state index contributed by atoms with van der Waals surface area (Å²) in [6.07, 6.45) is 3.25. The van der Waals surface area contributed by atoms with E-state index in [1.54, 1.807) is 6.08 Å². The second-order valence-corrected chi connectivity index (χ2v) is 8.03. The average molecular weight is 369 g/mol. The van der Waals surface area contributed by atoms with Crippen molar-refractivity contribution in [3.8, 4) is 0 Å². The number of hydrogen-bond donors (Lipinski definition) is 1. The summed E-state index contributed by atoms with van der Waals surface area (Å²) in [5, 5.41) is 3.59. The van der Waals surface area contributed by atoms with E-state index in [0.717, 1.165) is 17.8 Å². The normalized spacial score (nSPS) is 19.3. The smallest absolute Gasteiger partial charge is 0.248 e. The number of anilines is 1. The first-order valence-electron chi connectivity index (χ1n) is 8.86. The van der Waals surface area contributed by atoms with Crippen molar-refractivity contribution in [3.63, 3.8) is 0 Å². The molecular formula is C22H25ClN2O. The minimum atomic E-state index is -0.166. The van der Waals surface area contributed by atoms with Gasteiger partial charge >= 0.3 is 0 Å². The van der Waals surface area contributed by atoms with E-state index in [2.05, 4.69) is 50.2 Å². The predicted molar refractivity (Wildman–Crippen MR) is 110 cm³/mol. The fourth-order valence-electron chi connectivity index (χ4n) is 3.65. The topological polar surface area (TPSA) is 32.3 Å². The monoisotopic (exact) mass is 368 g/mol. The number of nitrogens with one attached hydrogen (secondary N) is 1. The van der Waals surface area contributed by atoms with Gasteiger partial charge in [-0.1, -0.05) is 49.7 Å². The van der Waals surface area contributed by atoms with Crippen LogP contribution in [0.25, 0.3) is 6.08 Å². The average Bonchev–Trinajstić information content (AvgIpc) is 2.58. The van der Waals surface area contributed by atoms with Gasteiger partial charge in [0.1, 0.15) is 0 Å². The molecule has 3 rings (SSSR count). The number of hydrogen-bond acceptors (Lipinski definition) is 2. The van der Waals surface area contributed by atoms with Crippen LogP contribution >= 0.6 is 11.6 Å². The zero-order valence-electron chi connectivity index (χ0n) is 15.7. The van der Waals surface area contributed by atoms with Gasteiger partial charge in [-0.25, -0.2) is 0 Å². The number of rotatable bonds is 3. The second-order valence-electron chi connectivity index (χ2n) is 7.62. The van der Waals surface area contributed by atoms with Crippen LogP contribution < -0.4 is 5.32 Å². The maximum Gasteiger partial charge on any atom is 0.248 e. The summed E-state index contributed by atoms with van der Waals surface area (Å²) in [6, 6.07) is 14.0. The van der Waals surface area contributed by atoms with Gasteiger partial charge in [-0.3, -0.25) is 9.69 Å². The number of benzene rings is 2. The van der Waals surface area contributed by atoms with Crippen LogP contribution in [0.4, 0.5) is 5.69 Å². The Balaban J connectivity index is 1.79. The van der Waals surface area contributed by atoms with E-state index in [1.807, 2.05) is 30.3 Å². The summed E-state index contributed by atoms with van der Waals surface area (Å²) in [5.74, 6) is -0.166. The summed E-state index contributed by atoms with van der Waals surface area (Å²) >= 11 is 6.12. The molecule has 0 aromatic heterocycles. The van der Waals surface area contributed by atoms with E-state index in [0.29, 0.717) is 11.1 Å². The first kappa shape index (κ1) is 18.7. The number of likely N-dealkylation sites (N-methyl/N-ethyl adjacent to an activating group) is 1. The molecule has 4 heteroatoms. The molecule has 1 unspecified atom stereocenters. The van der Waals surface area contributed by atoms with Gasteiger partial charge < -0.3 is 5.32 Å². The largest absolute Gasteiger partial charge is 0.323 e. The lowest BCUT2D eigenvalue weighted by molar-refractivity contribution is -0.111. The molecule has 1 amide bonds. The summed E-state index contributed by atoms with van der Waals surface area (Å²) in [6.45, 7) is 7.75. The van der Waals surface area contributed by atoms with E-state index in [1.165, 1.54) is 17.2 Å². The van der Waals surface area contributed by atoms with Gasteiger partial charge in [0.25, 0.3) is 0 Å². The Kier molecular flexibility index (Phi) is 5.22. The molecule has 0 radical (unpaired) electrons. The zero-order chi connectivity index (χ0) is 18.9. The molecule has 0 saturated carbocycles. The Labute approximate surface area is 160 Å². The first-order chi connectivity index (χ1) is 12.3. The Hall–Kier alpha value is -2.10. The highest BCUT2D eigenvalue weighted by atomic mass is 35.5. The molecule has 1 aliphatic heterocycles. The summed E-state index contributed by atoms with van der Waals surface area (Å²) in [5.41, 5.74) is 4.37. The summed E-state index contributed by atoms with van der Waals surface area (Å²) in [7, 11) is 2.15. The third-order valence-electron chi connectivity index (χ3n) is 5.12. The third-order valence-corrected chi connectivity index (χ3v) is 5.47. The van der Waals surface area contributed by atoms with Crippen molar-refractivity contribution >= 4 is 29.3 Å². The van der Waals surface area contributed by atoms with Crippen molar-refractivity contribution in [1.82, 2.24) is 4.90 Å². The molecule has 2 aromatic carbocycles. The molecule has 1 N–H and O–H groups in total. The van der Waals surface area contributed by atoms with Crippen molar-refractivity contribution in [2.45, 2.75) is 32.2 Å². The van der Waals surface area contributed by atoms with Gasteiger partial charge in [0, 0.05) is 34.8 Å². The Morgan fingerprint density at radius 2 is 2.00 bits per heavy atom. The molecule has 2 aromatic rings. The Morgan fingerprint density at radius 1 is 1.27 bits per heavy atom. The van der Waals surface area contributed by atoms with Crippen LogP contribution in [0.15, 0.2) is 48.5 Å². The van der Waals surface area contributed by atoms with Crippen LogP contribution in [0.3, 0.4) is 0 Å². The summed E-state index contributed by atoms with van der Waals surface area (Å²) < 4.78 is 0. The fourth-order valence-corrected chi connectivity index (χ4v) is 3.84. The number of halogens is 1. The van der Waals surface area contributed by atoms with Gasteiger partial charge in [-0.15, -0.1) is 0 Å². The molecule has 26 heavy (non-hydrogen) atoms. The molecule has 0 fully saturated rings. The van der Waals surface area contributed by atoms with E-state index >= 15 is 0 Å². The van der Waals surface area contributed by atoms with Crippen LogP contribution in [-0.2, 0) is 10.2 Å². The molecule has 1 aliphatic rings. The highest BCUT2D eigenvalue weighted by Gasteiger charge is 2.34. The molecule has 0 saturated heterocycles. The van der Waals surface area contributed by atoms with Crippen molar-refractivity contribution in [2.75, 3.05) is 18.9 Å². The molecule has 0 spiro atoms. The van der Waals surface area contributed by atoms with Crippen molar-refractivity contribution in [3.05, 3.63) is 70.3 Å². The highest BCUT2D eigenvalue weighted by molar-refractivity contribution is 6.32. The van der Waals surface area contributed by atoms with Gasteiger partial charge in [0.15, 0.2) is 0 Å². The lowest BCUT2D eigenvalue weighted by atomic mass is 9.76. The second kappa shape index (κ2) is 7.26. The highest BCUT2D eigenvalue weighted by Crippen LogP contribution is 2.39. The van der Waals surface area contributed by atoms with Crippen molar-refractivity contribution in [1.29, 1.82) is 0 Å². The summed E-state index contributed by atoms with van der Waals surface area (Å²) in [4.78, 5) is 14.6. The SMILES string of the molecule is CC1c2cc(NC(=O)/C=C/c3ccccc3Cl)ccc2C(C)(C)CN1C. The van der Waals surface area contributed by atoms with Gasteiger partial charge in [-0.05, 0) is 54.9 Å².